The minimum atomic E-state index is 0.125. The second-order valence-electron chi connectivity index (χ2n) is 1.92. The first kappa shape index (κ1) is 9.23. The van der Waals surface area contributed by atoms with Crippen molar-refractivity contribution >= 4 is 5.96 Å². The number of hydrogen-bond acceptors (Lipinski definition) is 2. The van der Waals surface area contributed by atoms with Gasteiger partial charge in [0.25, 0.3) is 0 Å². The Bertz CT molecular complexity index is 99.2. The summed E-state index contributed by atoms with van der Waals surface area (Å²) in [5.41, 5.74) is 10.2. The maximum atomic E-state index is 5.12. The van der Waals surface area contributed by atoms with Crippen LogP contribution in [0.4, 0.5) is 0 Å². The van der Waals surface area contributed by atoms with Gasteiger partial charge in [0.1, 0.15) is 0 Å². The van der Waals surface area contributed by atoms with Crippen LogP contribution in [0.25, 0.3) is 0 Å². The predicted octanol–water partition coefficient (Wildman–Crippen LogP) is -0.314. The number of nitrogens with zero attached hydrogens (tertiary/aromatic N) is 1. The SMILES string of the molecule is CCCOCCN=C(N)N. The van der Waals surface area contributed by atoms with Gasteiger partial charge in [-0.1, -0.05) is 6.92 Å². The molecule has 0 atom stereocenters. The van der Waals surface area contributed by atoms with Gasteiger partial charge in [-0.05, 0) is 6.42 Å². The van der Waals surface area contributed by atoms with Crippen molar-refractivity contribution in [3.63, 3.8) is 0 Å². The van der Waals surface area contributed by atoms with Gasteiger partial charge in [-0.15, -0.1) is 0 Å². The topological polar surface area (TPSA) is 73.6 Å². The summed E-state index contributed by atoms with van der Waals surface area (Å²) in [5, 5.41) is 0. The summed E-state index contributed by atoms with van der Waals surface area (Å²) < 4.78 is 5.12. The minimum absolute atomic E-state index is 0.125. The van der Waals surface area contributed by atoms with Gasteiger partial charge in [0.05, 0.1) is 13.2 Å². The second-order valence-corrected chi connectivity index (χ2v) is 1.92. The zero-order chi connectivity index (χ0) is 7.82. The molecule has 0 amide bonds. The van der Waals surface area contributed by atoms with Crippen molar-refractivity contribution in [2.45, 2.75) is 13.3 Å². The molecule has 10 heavy (non-hydrogen) atoms. The van der Waals surface area contributed by atoms with Crippen LogP contribution >= 0.6 is 0 Å². The van der Waals surface area contributed by atoms with Gasteiger partial charge in [-0.2, -0.15) is 0 Å². The normalized spacial score (nSPS) is 9.30. The van der Waals surface area contributed by atoms with Crippen LogP contribution < -0.4 is 11.5 Å². The molecule has 0 saturated heterocycles. The van der Waals surface area contributed by atoms with Gasteiger partial charge in [0.2, 0.25) is 0 Å². The van der Waals surface area contributed by atoms with E-state index in [4.69, 9.17) is 16.2 Å². The monoisotopic (exact) mass is 145 g/mol. The van der Waals surface area contributed by atoms with Crippen LogP contribution in [-0.2, 0) is 4.74 Å². The molecular formula is C6H15N3O. The molecule has 0 aromatic carbocycles. The zero-order valence-corrected chi connectivity index (χ0v) is 6.34. The van der Waals surface area contributed by atoms with Crippen LogP contribution in [0.3, 0.4) is 0 Å². The van der Waals surface area contributed by atoms with Crippen molar-refractivity contribution in [2.75, 3.05) is 19.8 Å². The van der Waals surface area contributed by atoms with E-state index in [1.807, 2.05) is 0 Å². The summed E-state index contributed by atoms with van der Waals surface area (Å²) in [6.45, 7) is 3.99. The van der Waals surface area contributed by atoms with E-state index in [-0.39, 0.29) is 5.96 Å². The fraction of sp³-hybridized carbons (Fsp3) is 0.833. The molecule has 0 heterocycles. The second kappa shape index (κ2) is 6.35. The van der Waals surface area contributed by atoms with Gasteiger partial charge in [-0.3, -0.25) is 4.99 Å². The Balaban J connectivity index is 2.98. The van der Waals surface area contributed by atoms with Gasteiger partial charge in [-0.25, -0.2) is 0 Å². The number of rotatable bonds is 5. The average molecular weight is 145 g/mol. The molecule has 60 valence electrons. The molecule has 0 spiro atoms. The third kappa shape index (κ3) is 7.23. The molecule has 0 radical (unpaired) electrons. The van der Waals surface area contributed by atoms with E-state index in [0.29, 0.717) is 13.2 Å². The predicted molar refractivity (Wildman–Crippen MR) is 41.8 cm³/mol. The Labute approximate surface area is 61.3 Å². The summed E-state index contributed by atoms with van der Waals surface area (Å²) >= 11 is 0. The first-order valence-electron chi connectivity index (χ1n) is 3.40. The Hall–Kier alpha value is -0.770. The maximum absolute atomic E-state index is 5.12. The molecule has 4 heteroatoms. The Morgan fingerprint density at radius 2 is 2.10 bits per heavy atom. The van der Waals surface area contributed by atoms with Crippen molar-refractivity contribution in [1.29, 1.82) is 0 Å². The van der Waals surface area contributed by atoms with Crippen molar-refractivity contribution in [2.24, 2.45) is 16.5 Å². The third-order valence-electron chi connectivity index (χ3n) is 0.878. The molecule has 0 aliphatic rings. The molecule has 0 aromatic heterocycles. The van der Waals surface area contributed by atoms with Crippen LogP contribution in [0.2, 0.25) is 0 Å². The van der Waals surface area contributed by atoms with Gasteiger partial charge < -0.3 is 16.2 Å². The first-order valence-corrected chi connectivity index (χ1v) is 3.40. The lowest BCUT2D eigenvalue weighted by molar-refractivity contribution is 0.142. The summed E-state index contributed by atoms with van der Waals surface area (Å²) in [5.74, 6) is 0.125. The van der Waals surface area contributed by atoms with Crippen molar-refractivity contribution in [1.82, 2.24) is 0 Å². The lowest BCUT2D eigenvalue weighted by Gasteiger charge is -1.97. The van der Waals surface area contributed by atoms with Crippen molar-refractivity contribution < 1.29 is 4.74 Å². The fourth-order valence-corrected chi connectivity index (χ4v) is 0.486. The Morgan fingerprint density at radius 3 is 2.60 bits per heavy atom. The van der Waals surface area contributed by atoms with Crippen LogP contribution in [0.15, 0.2) is 4.99 Å². The van der Waals surface area contributed by atoms with E-state index >= 15 is 0 Å². The highest BCUT2D eigenvalue weighted by Crippen LogP contribution is 1.79. The molecular weight excluding hydrogens is 130 g/mol. The van der Waals surface area contributed by atoms with Gasteiger partial charge >= 0.3 is 0 Å². The molecule has 0 aromatic rings. The number of aliphatic imine (C=N–C) groups is 1. The van der Waals surface area contributed by atoms with Crippen LogP contribution in [0, 0.1) is 0 Å². The Kier molecular flexibility index (Phi) is 5.86. The lowest BCUT2D eigenvalue weighted by Crippen LogP contribution is -2.23. The number of guanidine groups is 1. The van der Waals surface area contributed by atoms with Gasteiger partial charge in [0, 0.05) is 6.61 Å². The minimum Gasteiger partial charge on any atom is -0.380 e. The highest BCUT2D eigenvalue weighted by Gasteiger charge is 1.83. The van der Waals surface area contributed by atoms with E-state index < -0.39 is 0 Å². The van der Waals surface area contributed by atoms with Crippen LogP contribution in [0.1, 0.15) is 13.3 Å². The van der Waals surface area contributed by atoms with E-state index in [2.05, 4.69) is 11.9 Å². The molecule has 0 aliphatic heterocycles. The third-order valence-corrected chi connectivity index (χ3v) is 0.878. The number of hydrogen-bond donors (Lipinski definition) is 2. The highest BCUT2D eigenvalue weighted by molar-refractivity contribution is 5.75. The number of ether oxygens (including phenoxy) is 1. The first-order chi connectivity index (χ1) is 4.77. The summed E-state index contributed by atoms with van der Waals surface area (Å²) in [6.07, 6.45) is 1.03. The van der Waals surface area contributed by atoms with Gasteiger partial charge in [0.15, 0.2) is 5.96 Å². The van der Waals surface area contributed by atoms with E-state index in [0.717, 1.165) is 13.0 Å². The van der Waals surface area contributed by atoms with Crippen LogP contribution in [-0.4, -0.2) is 25.7 Å². The molecule has 0 unspecified atom stereocenters. The zero-order valence-electron chi connectivity index (χ0n) is 6.34. The fourth-order valence-electron chi connectivity index (χ4n) is 0.486. The van der Waals surface area contributed by atoms with Crippen molar-refractivity contribution in [3.05, 3.63) is 0 Å². The molecule has 0 rings (SSSR count). The highest BCUT2D eigenvalue weighted by atomic mass is 16.5. The molecule has 4 N–H and O–H groups in total. The maximum Gasteiger partial charge on any atom is 0.185 e. The average Bonchev–Trinajstić information content (AvgIpc) is 1.87. The molecule has 0 fully saturated rings. The summed E-state index contributed by atoms with van der Waals surface area (Å²) in [7, 11) is 0. The molecule has 0 bridgehead atoms. The molecule has 0 aliphatic carbocycles. The largest absolute Gasteiger partial charge is 0.380 e. The summed E-state index contributed by atoms with van der Waals surface area (Å²) in [6, 6.07) is 0. The quantitative estimate of drug-likeness (QED) is 0.316. The summed E-state index contributed by atoms with van der Waals surface area (Å²) in [4.78, 5) is 3.74. The standard InChI is InChI=1S/C6H15N3O/c1-2-4-10-5-3-9-6(7)8/h2-5H2,1H3,(H4,7,8,9). The lowest BCUT2D eigenvalue weighted by atomic mass is 10.5. The molecule has 0 saturated carbocycles. The number of nitrogens with two attached hydrogens (primary N) is 2. The van der Waals surface area contributed by atoms with Crippen LogP contribution in [0.5, 0.6) is 0 Å². The Morgan fingerprint density at radius 1 is 1.40 bits per heavy atom. The van der Waals surface area contributed by atoms with E-state index in [1.165, 1.54) is 0 Å². The smallest absolute Gasteiger partial charge is 0.185 e. The molecule has 4 nitrogen and oxygen atoms in total. The van der Waals surface area contributed by atoms with Crippen molar-refractivity contribution in [3.8, 4) is 0 Å². The van der Waals surface area contributed by atoms with E-state index in [1.54, 1.807) is 0 Å². The van der Waals surface area contributed by atoms with E-state index in [9.17, 15) is 0 Å².